The topological polar surface area (TPSA) is 77.2 Å². The van der Waals surface area contributed by atoms with Crippen molar-refractivity contribution in [1.82, 2.24) is 14.8 Å². The molecule has 0 spiro atoms. The van der Waals surface area contributed by atoms with Crippen LogP contribution in [0.15, 0.2) is 5.16 Å². The maximum Gasteiger partial charge on any atom is 0.313 e. The Bertz CT molecular complexity index is 415. The average molecular weight is 295 g/mol. The molecule has 0 aliphatic heterocycles. The van der Waals surface area contributed by atoms with Crippen LogP contribution < -0.4 is 0 Å². The van der Waals surface area contributed by atoms with E-state index >= 15 is 0 Å². The van der Waals surface area contributed by atoms with Crippen LogP contribution >= 0.6 is 11.8 Å². The van der Waals surface area contributed by atoms with Gasteiger partial charge in [-0.25, -0.2) is 8.78 Å². The minimum absolute atomic E-state index is 0.107. The molecule has 1 heterocycles. The van der Waals surface area contributed by atoms with Crippen molar-refractivity contribution >= 4 is 17.7 Å². The number of rotatable bonds is 9. The van der Waals surface area contributed by atoms with E-state index in [1.807, 2.05) is 6.92 Å². The third-order valence-electron chi connectivity index (χ3n) is 2.14. The van der Waals surface area contributed by atoms with Crippen molar-refractivity contribution in [1.29, 1.82) is 0 Å². The quantitative estimate of drug-likeness (QED) is 0.546. The van der Waals surface area contributed by atoms with E-state index in [2.05, 4.69) is 10.2 Å². The van der Waals surface area contributed by atoms with Gasteiger partial charge in [-0.3, -0.25) is 4.79 Å². The molecule has 6 nitrogen and oxygen atoms in total. The average Bonchev–Trinajstić information content (AvgIpc) is 2.74. The second-order valence-corrected chi connectivity index (χ2v) is 4.49. The second-order valence-electron chi connectivity index (χ2n) is 3.55. The number of carboxylic acid groups (broad SMARTS) is 1. The smallest absolute Gasteiger partial charge is 0.313 e. The highest BCUT2D eigenvalue weighted by Gasteiger charge is 2.13. The first-order chi connectivity index (χ1) is 9.04. The highest BCUT2D eigenvalue weighted by atomic mass is 32.2. The number of alkyl halides is 2. The van der Waals surface area contributed by atoms with Gasteiger partial charge in [-0.1, -0.05) is 18.7 Å². The van der Waals surface area contributed by atoms with Crippen LogP contribution in [0.25, 0.3) is 0 Å². The fraction of sp³-hybridized carbons (Fsp3) is 0.700. The molecule has 0 aliphatic rings. The maximum atomic E-state index is 11.9. The zero-order valence-corrected chi connectivity index (χ0v) is 11.2. The molecule has 0 aliphatic carbocycles. The molecule has 0 unspecified atom stereocenters. The van der Waals surface area contributed by atoms with Crippen molar-refractivity contribution in [3.8, 4) is 0 Å². The van der Waals surface area contributed by atoms with Crippen molar-refractivity contribution in [2.45, 2.75) is 31.5 Å². The minimum atomic E-state index is -2.49. The molecule has 1 rings (SSSR count). The van der Waals surface area contributed by atoms with E-state index in [9.17, 15) is 13.6 Å². The number of thioether (sulfide) groups is 1. The molecule has 0 saturated heterocycles. The summed E-state index contributed by atoms with van der Waals surface area (Å²) in [4.78, 5) is 10.5. The third-order valence-corrected chi connectivity index (χ3v) is 3.09. The Kier molecular flexibility index (Phi) is 6.71. The van der Waals surface area contributed by atoms with Gasteiger partial charge >= 0.3 is 5.97 Å². The van der Waals surface area contributed by atoms with Crippen molar-refractivity contribution in [2.24, 2.45) is 0 Å². The van der Waals surface area contributed by atoms with E-state index in [4.69, 9.17) is 9.84 Å². The summed E-state index contributed by atoms with van der Waals surface area (Å²) in [6.45, 7) is 1.70. The van der Waals surface area contributed by atoms with Gasteiger partial charge in [-0.05, 0) is 0 Å². The van der Waals surface area contributed by atoms with Crippen LogP contribution in [0.5, 0.6) is 0 Å². The summed E-state index contributed by atoms with van der Waals surface area (Å²) in [5.41, 5.74) is 0. The lowest BCUT2D eigenvalue weighted by atomic mass is 10.4. The zero-order valence-electron chi connectivity index (χ0n) is 10.4. The van der Waals surface area contributed by atoms with Gasteiger partial charge in [0.25, 0.3) is 6.43 Å². The molecule has 108 valence electrons. The fourth-order valence-electron chi connectivity index (χ4n) is 1.37. The van der Waals surface area contributed by atoms with Crippen LogP contribution in [0.2, 0.25) is 0 Å². The summed E-state index contributed by atoms with van der Waals surface area (Å²) >= 11 is 1.04. The third kappa shape index (κ3) is 5.52. The first-order valence-electron chi connectivity index (χ1n) is 5.67. The van der Waals surface area contributed by atoms with E-state index in [0.29, 0.717) is 23.9 Å². The second kappa shape index (κ2) is 8.05. The number of aryl methyl sites for hydroxylation is 1. The van der Waals surface area contributed by atoms with Crippen LogP contribution in [-0.2, 0) is 22.5 Å². The van der Waals surface area contributed by atoms with Gasteiger partial charge in [-0.2, -0.15) is 0 Å². The van der Waals surface area contributed by atoms with E-state index < -0.39 is 19.0 Å². The van der Waals surface area contributed by atoms with E-state index in [1.54, 1.807) is 4.57 Å². The van der Waals surface area contributed by atoms with Crippen molar-refractivity contribution < 1.29 is 23.4 Å². The Morgan fingerprint density at radius 2 is 2.26 bits per heavy atom. The van der Waals surface area contributed by atoms with Gasteiger partial charge in [0.2, 0.25) is 0 Å². The number of ether oxygens (including phenoxy) is 1. The highest BCUT2D eigenvalue weighted by molar-refractivity contribution is 7.99. The predicted molar refractivity (Wildman–Crippen MR) is 64.6 cm³/mol. The van der Waals surface area contributed by atoms with Gasteiger partial charge in [0.05, 0.1) is 12.4 Å². The number of aliphatic carboxylic acids is 1. The van der Waals surface area contributed by atoms with Crippen molar-refractivity contribution in [2.75, 3.05) is 19.0 Å². The largest absolute Gasteiger partial charge is 0.481 e. The normalized spacial score (nSPS) is 11.2. The van der Waals surface area contributed by atoms with Gasteiger partial charge in [0.1, 0.15) is 12.4 Å². The number of carboxylic acids is 1. The lowest BCUT2D eigenvalue weighted by molar-refractivity contribution is -0.133. The molecule has 1 aromatic rings. The molecule has 0 amide bonds. The highest BCUT2D eigenvalue weighted by Crippen LogP contribution is 2.17. The summed E-state index contributed by atoms with van der Waals surface area (Å²) in [6.07, 6.45) is -1.87. The Morgan fingerprint density at radius 1 is 1.53 bits per heavy atom. The lowest BCUT2D eigenvalue weighted by Crippen LogP contribution is -2.13. The maximum absolute atomic E-state index is 11.9. The van der Waals surface area contributed by atoms with Crippen molar-refractivity contribution in [3.63, 3.8) is 0 Å². The molecule has 9 heteroatoms. The van der Waals surface area contributed by atoms with E-state index in [1.165, 1.54) is 0 Å². The molecule has 0 bridgehead atoms. The number of aromatic nitrogens is 3. The molecule has 19 heavy (non-hydrogen) atoms. The molecule has 0 radical (unpaired) electrons. The van der Waals surface area contributed by atoms with Crippen LogP contribution in [0.4, 0.5) is 8.78 Å². The van der Waals surface area contributed by atoms with Crippen LogP contribution in [0, 0.1) is 0 Å². The van der Waals surface area contributed by atoms with E-state index in [0.717, 1.165) is 11.8 Å². The van der Waals surface area contributed by atoms with Crippen LogP contribution in [0.1, 0.15) is 12.7 Å². The molecule has 1 aromatic heterocycles. The molecule has 0 aromatic carbocycles. The Hall–Kier alpha value is -1.22. The first-order valence-corrected chi connectivity index (χ1v) is 6.65. The number of hydrogen-bond acceptors (Lipinski definition) is 5. The van der Waals surface area contributed by atoms with Crippen LogP contribution in [-0.4, -0.2) is 51.2 Å². The number of hydrogen-bond donors (Lipinski definition) is 1. The van der Waals surface area contributed by atoms with Crippen molar-refractivity contribution in [3.05, 3.63) is 5.82 Å². The monoisotopic (exact) mass is 295 g/mol. The SMILES string of the molecule is CCc1nnc(SCC(=O)O)n1CCOCC(F)F. The molecule has 0 saturated carbocycles. The molecular formula is C10H15F2N3O3S. The van der Waals surface area contributed by atoms with E-state index in [-0.39, 0.29) is 12.4 Å². The van der Waals surface area contributed by atoms with Gasteiger partial charge in [0, 0.05) is 13.0 Å². The molecule has 1 N–H and O–H groups in total. The molecular weight excluding hydrogens is 280 g/mol. The summed E-state index contributed by atoms with van der Waals surface area (Å²) < 4.78 is 30.3. The fourth-order valence-corrected chi connectivity index (χ4v) is 2.07. The predicted octanol–water partition coefficient (Wildman–Crippen LogP) is 1.30. The molecule has 0 atom stereocenters. The van der Waals surface area contributed by atoms with Gasteiger partial charge < -0.3 is 14.4 Å². The summed E-state index contributed by atoms with van der Waals surface area (Å²) in [5, 5.41) is 16.9. The lowest BCUT2D eigenvalue weighted by Gasteiger charge is -2.09. The number of nitrogens with zero attached hydrogens (tertiary/aromatic N) is 3. The Labute approximate surface area is 113 Å². The standard InChI is InChI=1S/C10H15F2N3O3S/c1-2-8-13-14-10(19-6-9(16)17)15(8)3-4-18-5-7(11)12/h7H,2-6H2,1H3,(H,16,17). The van der Waals surface area contributed by atoms with Gasteiger partial charge in [-0.15, -0.1) is 10.2 Å². The number of halogens is 2. The number of carbonyl (C=O) groups is 1. The minimum Gasteiger partial charge on any atom is -0.481 e. The first kappa shape index (κ1) is 15.8. The summed E-state index contributed by atoms with van der Waals surface area (Å²) in [7, 11) is 0. The van der Waals surface area contributed by atoms with Gasteiger partial charge in [0.15, 0.2) is 5.16 Å². The summed E-state index contributed by atoms with van der Waals surface area (Å²) in [6, 6.07) is 0. The Morgan fingerprint density at radius 3 is 2.84 bits per heavy atom. The summed E-state index contributed by atoms with van der Waals surface area (Å²) in [5.74, 6) is -0.403. The Balaban J connectivity index is 2.57. The molecule has 0 fully saturated rings. The van der Waals surface area contributed by atoms with Crippen LogP contribution in [0.3, 0.4) is 0 Å². The zero-order chi connectivity index (χ0) is 14.3.